The summed E-state index contributed by atoms with van der Waals surface area (Å²) in [5.41, 5.74) is -0.448. The highest BCUT2D eigenvalue weighted by Gasteiger charge is 2.44. The highest BCUT2D eigenvalue weighted by atomic mass is 127. The van der Waals surface area contributed by atoms with E-state index in [-0.39, 0.29) is 0 Å². The summed E-state index contributed by atoms with van der Waals surface area (Å²) in [6.45, 7) is 0. The van der Waals surface area contributed by atoms with Crippen LogP contribution < -0.4 is 0 Å². The molecule has 1 aromatic rings. The number of alkyl halides is 2. The number of benzene rings is 1. The smallest absolute Gasteiger partial charge is 0.312 e. The molecule has 0 bridgehead atoms. The number of carbonyl (C=O) groups is 1. The number of hydrogen-bond acceptors (Lipinski definition) is 4. The zero-order valence-electron chi connectivity index (χ0n) is 10.2. The molecule has 19 heavy (non-hydrogen) atoms. The van der Waals surface area contributed by atoms with Crippen molar-refractivity contribution in [1.82, 2.24) is 0 Å². The van der Waals surface area contributed by atoms with E-state index in [0.29, 0.717) is 0 Å². The molecule has 0 fully saturated rings. The van der Waals surface area contributed by atoms with E-state index < -0.39 is 31.0 Å². The number of hydrogen-bond donors (Lipinski definition) is 0. The molecule has 0 N–H and O–H groups in total. The Morgan fingerprint density at radius 2 is 1.74 bits per heavy atom. The SMILES string of the molecule is COP(=O)(CC(=O)C(F)(F)c1ccc(I)cc1)OC. The summed E-state index contributed by atoms with van der Waals surface area (Å²) in [4.78, 5) is 11.6. The minimum Gasteiger partial charge on any atom is -0.312 e. The van der Waals surface area contributed by atoms with Crippen molar-refractivity contribution >= 4 is 36.0 Å². The van der Waals surface area contributed by atoms with Gasteiger partial charge in [-0.1, -0.05) is 12.1 Å². The minimum atomic E-state index is -3.79. The first kappa shape index (κ1) is 16.7. The van der Waals surface area contributed by atoms with Crippen molar-refractivity contribution in [3.05, 3.63) is 33.4 Å². The van der Waals surface area contributed by atoms with Crippen LogP contribution in [0.1, 0.15) is 5.56 Å². The van der Waals surface area contributed by atoms with Gasteiger partial charge in [0.05, 0.1) is 0 Å². The van der Waals surface area contributed by atoms with Gasteiger partial charge in [-0.15, -0.1) is 0 Å². The second-order valence-electron chi connectivity index (χ2n) is 3.64. The summed E-state index contributed by atoms with van der Waals surface area (Å²) in [7, 11) is -1.71. The van der Waals surface area contributed by atoms with Gasteiger partial charge in [0.15, 0.2) is 0 Å². The van der Waals surface area contributed by atoms with Crippen LogP contribution in [0, 0.1) is 3.57 Å². The maximum Gasteiger partial charge on any atom is 0.337 e. The number of ketones is 1. The third-order valence-electron chi connectivity index (χ3n) is 2.45. The van der Waals surface area contributed by atoms with Gasteiger partial charge in [-0.2, -0.15) is 8.78 Å². The monoisotopic (exact) mass is 404 g/mol. The lowest BCUT2D eigenvalue weighted by atomic mass is 10.1. The highest BCUT2D eigenvalue weighted by molar-refractivity contribution is 14.1. The molecule has 0 aliphatic rings. The largest absolute Gasteiger partial charge is 0.337 e. The molecule has 0 heterocycles. The predicted octanol–water partition coefficient (Wildman–Crippen LogP) is 3.44. The van der Waals surface area contributed by atoms with Gasteiger partial charge in [0.1, 0.15) is 6.16 Å². The van der Waals surface area contributed by atoms with Crippen molar-refractivity contribution in [1.29, 1.82) is 0 Å². The fourth-order valence-corrected chi connectivity index (χ4v) is 2.62. The molecular weight excluding hydrogens is 392 g/mol. The molecule has 1 aromatic carbocycles. The Morgan fingerprint density at radius 1 is 1.26 bits per heavy atom. The molecule has 0 amide bonds. The number of carbonyl (C=O) groups excluding carboxylic acids is 1. The average molecular weight is 404 g/mol. The van der Waals surface area contributed by atoms with Gasteiger partial charge in [-0.3, -0.25) is 9.36 Å². The molecule has 8 heteroatoms. The lowest BCUT2D eigenvalue weighted by Crippen LogP contribution is -2.29. The maximum atomic E-state index is 13.9. The molecule has 0 spiro atoms. The maximum absolute atomic E-state index is 13.9. The van der Waals surface area contributed by atoms with Gasteiger partial charge < -0.3 is 9.05 Å². The third kappa shape index (κ3) is 4.05. The van der Waals surface area contributed by atoms with Crippen LogP contribution in [0.4, 0.5) is 8.78 Å². The Labute approximate surface area is 123 Å². The zero-order chi connectivity index (χ0) is 14.7. The van der Waals surface area contributed by atoms with Crippen LogP contribution in [0.2, 0.25) is 0 Å². The summed E-state index contributed by atoms with van der Waals surface area (Å²) in [5.74, 6) is -5.22. The topological polar surface area (TPSA) is 52.6 Å². The normalized spacial score (nSPS) is 12.5. The summed E-state index contributed by atoms with van der Waals surface area (Å²) in [6, 6.07) is 5.24. The van der Waals surface area contributed by atoms with E-state index in [0.717, 1.165) is 29.9 Å². The average Bonchev–Trinajstić information content (AvgIpc) is 2.39. The van der Waals surface area contributed by atoms with Crippen LogP contribution in [0.25, 0.3) is 0 Å². The number of halogens is 3. The first-order chi connectivity index (χ1) is 8.75. The van der Waals surface area contributed by atoms with Crippen molar-refractivity contribution in [2.75, 3.05) is 20.4 Å². The summed E-state index contributed by atoms with van der Waals surface area (Å²) < 4.78 is 49.2. The van der Waals surface area contributed by atoms with Crippen molar-refractivity contribution in [2.24, 2.45) is 0 Å². The van der Waals surface area contributed by atoms with E-state index in [9.17, 15) is 18.1 Å². The van der Waals surface area contributed by atoms with Crippen LogP contribution >= 0.6 is 30.2 Å². The predicted molar refractivity (Wildman–Crippen MR) is 74.6 cm³/mol. The molecule has 0 atom stereocenters. The van der Waals surface area contributed by atoms with Gasteiger partial charge in [-0.25, -0.2) is 0 Å². The molecule has 0 unspecified atom stereocenters. The molecule has 0 radical (unpaired) electrons. The molecule has 1 rings (SSSR count). The first-order valence-electron chi connectivity index (χ1n) is 5.13. The van der Waals surface area contributed by atoms with Crippen LogP contribution in [-0.4, -0.2) is 26.2 Å². The van der Waals surface area contributed by atoms with Gasteiger partial charge in [0.25, 0.3) is 0 Å². The van der Waals surface area contributed by atoms with Crippen LogP contribution in [0.3, 0.4) is 0 Å². The van der Waals surface area contributed by atoms with E-state index in [1.54, 1.807) is 0 Å². The van der Waals surface area contributed by atoms with Crippen LogP contribution in [0.5, 0.6) is 0 Å². The van der Waals surface area contributed by atoms with Crippen LogP contribution in [0.15, 0.2) is 24.3 Å². The lowest BCUT2D eigenvalue weighted by molar-refractivity contribution is -0.141. The van der Waals surface area contributed by atoms with Gasteiger partial charge in [0.2, 0.25) is 5.78 Å². The van der Waals surface area contributed by atoms with E-state index in [2.05, 4.69) is 9.05 Å². The molecule has 0 aromatic heterocycles. The summed E-state index contributed by atoms with van der Waals surface area (Å²) >= 11 is 1.96. The second kappa shape index (κ2) is 6.39. The Hall–Kier alpha value is -0.370. The van der Waals surface area contributed by atoms with E-state index in [4.69, 9.17) is 0 Å². The Balaban J connectivity index is 2.97. The fourth-order valence-electron chi connectivity index (χ4n) is 1.30. The van der Waals surface area contributed by atoms with E-state index in [1.165, 1.54) is 12.1 Å². The Kier molecular flexibility index (Phi) is 5.61. The van der Waals surface area contributed by atoms with E-state index in [1.807, 2.05) is 22.6 Å². The van der Waals surface area contributed by atoms with Gasteiger partial charge in [-0.05, 0) is 34.7 Å². The lowest BCUT2D eigenvalue weighted by Gasteiger charge is -2.18. The van der Waals surface area contributed by atoms with Crippen molar-refractivity contribution in [2.45, 2.75) is 5.92 Å². The zero-order valence-corrected chi connectivity index (χ0v) is 13.3. The van der Waals surface area contributed by atoms with Crippen molar-refractivity contribution < 1.29 is 27.2 Å². The standard InChI is InChI=1S/C11H12F2IO4P/c1-17-19(16,18-2)7-10(15)11(12,13)8-3-5-9(14)6-4-8/h3-6H,7H2,1-2H3. The number of Topliss-reactive ketones (excluding diaryl/α,β-unsaturated/α-hetero) is 1. The van der Waals surface area contributed by atoms with E-state index >= 15 is 0 Å². The minimum absolute atomic E-state index is 0.448. The summed E-state index contributed by atoms with van der Waals surface area (Å²) in [6.07, 6.45) is -0.973. The highest BCUT2D eigenvalue weighted by Crippen LogP contribution is 2.48. The molecule has 0 saturated heterocycles. The van der Waals surface area contributed by atoms with Crippen LogP contribution in [-0.2, 0) is 24.3 Å². The van der Waals surface area contributed by atoms with Gasteiger partial charge in [0, 0.05) is 23.4 Å². The Morgan fingerprint density at radius 3 is 2.16 bits per heavy atom. The van der Waals surface area contributed by atoms with Gasteiger partial charge >= 0.3 is 13.5 Å². The molecule has 0 aliphatic heterocycles. The van der Waals surface area contributed by atoms with Crippen molar-refractivity contribution in [3.63, 3.8) is 0 Å². The Bertz CT molecular complexity index is 496. The third-order valence-corrected chi connectivity index (χ3v) is 4.96. The quantitative estimate of drug-likeness (QED) is 0.539. The molecule has 4 nitrogen and oxygen atoms in total. The first-order valence-corrected chi connectivity index (χ1v) is 7.93. The second-order valence-corrected chi connectivity index (χ2v) is 7.15. The van der Waals surface area contributed by atoms with Crippen molar-refractivity contribution in [3.8, 4) is 0 Å². The molecule has 0 saturated carbocycles. The fraction of sp³-hybridized carbons (Fsp3) is 0.364. The molecular formula is C11H12F2IO4P. The summed E-state index contributed by atoms with van der Waals surface area (Å²) in [5, 5.41) is 0. The number of rotatable bonds is 6. The molecule has 106 valence electrons. The molecule has 0 aliphatic carbocycles.